The molecule has 2 aromatic carbocycles. The van der Waals surface area contributed by atoms with E-state index in [4.69, 9.17) is 10.5 Å². The first-order valence-electron chi connectivity index (χ1n) is 8.35. The number of fused-ring (bicyclic) bond motifs is 1. The number of ether oxygens (including phenoxy) is 1. The molecular formula is C19H14FN5O4. The molecule has 0 radical (unpaired) electrons. The van der Waals surface area contributed by atoms with Crippen LogP contribution in [0.1, 0.15) is 10.5 Å². The lowest BCUT2D eigenvalue weighted by atomic mass is 10.2. The number of carbonyl (C=O) groups excluding carboxylic acids is 1. The Morgan fingerprint density at radius 2 is 2.00 bits per heavy atom. The van der Waals surface area contributed by atoms with E-state index in [9.17, 15) is 19.1 Å². The summed E-state index contributed by atoms with van der Waals surface area (Å²) in [4.78, 5) is 35.4. The van der Waals surface area contributed by atoms with Crippen LogP contribution in [0.2, 0.25) is 0 Å². The Morgan fingerprint density at radius 1 is 1.24 bits per heavy atom. The van der Waals surface area contributed by atoms with Gasteiger partial charge in [0, 0.05) is 5.56 Å². The van der Waals surface area contributed by atoms with E-state index in [2.05, 4.69) is 15.0 Å². The van der Waals surface area contributed by atoms with E-state index in [0.717, 1.165) is 4.57 Å². The molecule has 29 heavy (non-hydrogen) atoms. The molecule has 1 amide bonds. The predicted octanol–water partition coefficient (Wildman–Crippen LogP) is 1.73. The molecule has 0 bridgehead atoms. The minimum absolute atomic E-state index is 0.0137. The van der Waals surface area contributed by atoms with Crippen LogP contribution in [0.25, 0.3) is 28.2 Å². The number of nitrogens with two attached hydrogens (primary N) is 1. The minimum Gasteiger partial charge on any atom is -0.504 e. The SMILES string of the molecule is COc1cc(-c2nc(C(N)=O)c3[nH]c(=O)n(-c4ccccc4F)c3n2)ccc1O. The van der Waals surface area contributed by atoms with E-state index < -0.39 is 17.4 Å². The van der Waals surface area contributed by atoms with E-state index in [-0.39, 0.29) is 39.9 Å². The van der Waals surface area contributed by atoms with Crippen molar-refractivity contribution in [2.75, 3.05) is 7.11 Å². The minimum atomic E-state index is -0.897. The molecule has 146 valence electrons. The first-order chi connectivity index (χ1) is 13.9. The third-order valence-corrected chi connectivity index (χ3v) is 4.30. The summed E-state index contributed by atoms with van der Waals surface area (Å²) < 4.78 is 20.4. The van der Waals surface area contributed by atoms with Gasteiger partial charge in [-0.05, 0) is 30.3 Å². The highest BCUT2D eigenvalue weighted by Gasteiger charge is 2.21. The molecule has 9 nitrogen and oxygen atoms in total. The lowest BCUT2D eigenvalue weighted by Gasteiger charge is -2.09. The topological polar surface area (TPSA) is 136 Å². The van der Waals surface area contributed by atoms with Gasteiger partial charge in [0.2, 0.25) is 0 Å². The van der Waals surface area contributed by atoms with Crippen LogP contribution in [0.4, 0.5) is 4.39 Å². The van der Waals surface area contributed by atoms with E-state index in [1.54, 1.807) is 6.07 Å². The summed E-state index contributed by atoms with van der Waals surface area (Å²) in [5.41, 5.74) is 4.80. The van der Waals surface area contributed by atoms with Gasteiger partial charge in [-0.3, -0.25) is 4.79 Å². The number of phenols is 1. The summed E-state index contributed by atoms with van der Waals surface area (Å²) in [7, 11) is 1.37. The van der Waals surface area contributed by atoms with Crippen LogP contribution in [-0.4, -0.2) is 37.6 Å². The van der Waals surface area contributed by atoms with Crippen LogP contribution in [-0.2, 0) is 0 Å². The second-order valence-corrected chi connectivity index (χ2v) is 6.06. The van der Waals surface area contributed by atoms with E-state index in [1.165, 1.54) is 43.5 Å². The van der Waals surface area contributed by atoms with E-state index in [1.807, 2.05) is 0 Å². The maximum Gasteiger partial charge on any atom is 0.332 e. The zero-order valence-electron chi connectivity index (χ0n) is 15.0. The fourth-order valence-electron chi connectivity index (χ4n) is 2.97. The molecular weight excluding hydrogens is 381 g/mol. The summed E-state index contributed by atoms with van der Waals surface area (Å²) in [5.74, 6) is -1.45. The Labute approximate surface area is 162 Å². The van der Waals surface area contributed by atoms with E-state index in [0.29, 0.717) is 5.56 Å². The number of primary amides is 1. The van der Waals surface area contributed by atoms with Gasteiger partial charge in [0.05, 0.1) is 12.8 Å². The summed E-state index contributed by atoms with van der Waals surface area (Å²) in [6.45, 7) is 0. The smallest absolute Gasteiger partial charge is 0.332 e. The number of phenolic OH excluding ortho intramolecular Hbond substituents is 1. The van der Waals surface area contributed by atoms with Crippen molar-refractivity contribution in [2.24, 2.45) is 5.73 Å². The number of hydrogen-bond donors (Lipinski definition) is 3. The van der Waals surface area contributed by atoms with Gasteiger partial charge in [0.1, 0.15) is 11.3 Å². The Hall–Kier alpha value is -4.21. The summed E-state index contributed by atoms with van der Waals surface area (Å²) >= 11 is 0. The first kappa shape index (κ1) is 18.2. The van der Waals surface area contributed by atoms with Crippen molar-refractivity contribution < 1.29 is 19.0 Å². The highest BCUT2D eigenvalue weighted by Crippen LogP contribution is 2.31. The highest BCUT2D eigenvalue weighted by molar-refractivity contribution is 6.02. The van der Waals surface area contributed by atoms with Crippen molar-refractivity contribution in [3.63, 3.8) is 0 Å². The lowest BCUT2D eigenvalue weighted by molar-refractivity contribution is 0.0997. The van der Waals surface area contributed by atoms with Crippen LogP contribution in [0, 0.1) is 5.82 Å². The molecule has 0 aliphatic carbocycles. The normalized spacial score (nSPS) is 11.0. The van der Waals surface area contributed by atoms with Gasteiger partial charge in [0.15, 0.2) is 28.7 Å². The first-order valence-corrected chi connectivity index (χ1v) is 8.35. The number of aromatic hydroxyl groups is 1. The van der Waals surface area contributed by atoms with Crippen LogP contribution in [0.15, 0.2) is 47.3 Å². The Kier molecular flexibility index (Phi) is 4.23. The van der Waals surface area contributed by atoms with Crippen molar-refractivity contribution in [1.29, 1.82) is 0 Å². The average Bonchev–Trinajstić information content (AvgIpc) is 3.03. The molecule has 2 heterocycles. The molecule has 0 unspecified atom stereocenters. The molecule has 0 spiro atoms. The molecule has 0 fully saturated rings. The third-order valence-electron chi connectivity index (χ3n) is 4.30. The number of H-pyrrole nitrogens is 1. The zero-order valence-corrected chi connectivity index (χ0v) is 15.0. The van der Waals surface area contributed by atoms with Crippen molar-refractivity contribution in [3.8, 4) is 28.6 Å². The largest absolute Gasteiger partial charge is 0.504 e. The maximum atomic E-state index is 14.3. The monoisotopic (exact) mass is 395 g/mol. The predicted molar refractivity (Wildman–Crippen MR) is 102 cm³/mol. The van der Waals surface area contributed by atoms with Crippen molar-refractivity contribution in [1.82, 2.24) is 19.5 Å². The Bertz CT molecular complexity index is 1330. The van der Waals surface area contributed by atoms with Gasteiger partial charge in [0.25, 0.3) is 5.91 Å². The van der Waals surface area contributed by atoms with Crippen molar-refractivity contribution in [3.05, 3.63) is 64.5 Å². The number of benzene rings is 2. The molecule has 4 N–H and O–H groups in total. The molecule has 10 heteroatoms. The highest BCUT2D eigenvalue weighted by atomic mass is 19.1. The third kappa shape index (κ3) is 2.96. The molecule has 0 atom stereocenters. The summed E-state index contributed by atoms with van der Waals surface area (Å²) in [6, 6.07) is 9.97. The molecule has 0 saturated carbocycles. The molecule has 4 aromatic rings. The van der Waals surface area contributed by atoms with Crippen LogP contribution in [0.3, 0.4) is 0 Å². The number of aromatic nitrogens is 4. The fraction of sp³-hybridized carbons (Fsp3) is 0.0526. The number of rotatable bonds is 4. The number of methoxy groups -OCH3 is 1. The van der Waals surface area contributed by atoms with Gasteiger partial charge in [-0.1, -0.05) is 12.1 Å². The van der Waals surface area contributed by atoms with Crippen LogP contribution >= 0.6 is 0 Å². The quantitative estimate of drug-likeness (QED) is 0.481. The van der Waals surface area contributed by atoms with Gasteiger partial charge < -0.3 is 20.6 Å². The number of aromatic amines is 1. The standard InChI is InChI=1S/C19H14FN5O4/c1-29-13-8-9(6-7-12(13)26)17-22-14(16(21)27)15-18(24-17)25(19(28)23-15)11-5-3-2-4-10(11)20/h2-8,26H,1H3,(H2,21,27)(H,23,28). The maximum absolute atomic E-state index is 14.3. The number of imidazole rings is 1. The van der Waals surface area contributed by atoms with Gasteiger partial charge in [-0.2, -0.15) is 0 Å². The summed E-state index contributed by atoms with van der Waals surface area (Å²) in [6.07, 6.45) is 0. The van der Waals surface area contributed by atoms with Crippen LogP contribution < -0.4 is 16.2 Å². The summed E-state index contributed by atoms with van der Waals surface area (Å²) in [5, 5.41) is 9.79. The second kappa shape index (κ2) is 6.75. The zero-order chi connectivity index (χ0) is 20.7. The molecule has 0 saturated heterocycles. The van der Waals surface area contributed by atoms with Crippen molar-refractivity contribution in [2.45, 2.75) is 0 Å². The molecule has 2 aromatic heterocycles. The number of amides is 1. The number of carbonyl (C=O) groups is 1. The number of para-hydroxylation sites is 1. The average molecular weight is 395 g/mol. The lowest BCUT2D eigenvalue weighted by Crippen LogP contribution is -2.16. The van der Waals surface area contributed by atoms with Gasteiger partial charge in [-0.25, -0.2) is 23.7 Å². The number of hydrogen-bond acceptors (Lipinski definition) is 6. The molecule has 0 aliphatic heterocycles. The number of halogens is 1. The number of nitrogens with zero attached hydrogens (tertiary/aromatic N) is 3. The Morgan fingerprint density at radius 3 is 2.69 bits per heavy atom. The van der Waals surface area contributed by atoms with E-state index >= 15 is 0 Å². The molecule has 0 aliphatic rings. The van der Waals surface area contributed by atoms with Crippen LogP contribution in [0.5, 0.6) is 11.5 Å². The van der Waals surface area contributed by atoms with Gasteiger partial charge >= 0.3 is 5.69 Å². The molecule has 4 rings (SSSR count). The van der Waals surface area contributed by atoms with Gasteiger partial charge in [-0.15, -0.1) is 0 Å². The fourth-order valence-corrected chi connectivity index (χ4v) is 2.97. The Balaban J connectivity index is 2.06. The number of nitrogens with one attached hydrogen (secondary N) is 1. The second-order valence-electron chi connectivity index (χ2n) is 6.06. The van der Waals surface area contributed by atoms with Crippen molar-refractivity contribution >= 4 is 17.1 Å².